The highest BCUT2D eigenvalue weighted by Crippen LogP contribution is 2.40. The Labute approximate surface area is 266 Å². The van der Waals surface area contributed by atoms with E-state index in [2.05, 4.69) is 37.6 Å². The van der Waals surface area contributed by atoms with Crippen molar-refractivity contribution in [3.8, 4) is 5.75 Å². The summed E-state index contributed by atoms with van der Waals surface area (Å²) in [4.78, 5) is 20.4. The molecule has 12 heteroatoms. The summed E-state index contributed by atoms with van der Waals surface area (Å²) in [6, 6.07) is 21.2. The quantitative estimate of drug-likeness (QED) is 0.246. The minimum Gasteiger partial charge on any atom is -0.491 e. The third-order valence-corrected chi connectivity index (χ3v) is 8.33. The lowest BCUT2D eigenvalue weighted by Gasteiger charge is -2.37. The minimum atomic E-state index is -1.09. The number of hydrogen-bond acceptors (Lipinski definition) is 7. The molecule has 2 N–H and O–H groups in total. The van der Waals surface area contributed by atoms with Gasteiger partial charge in [-0.15, -0.1) is 0 Å². The van der Waals surface area contributed by atoms with E-state index >= 15 is 0 Å². The highest BCUT2D eigenvalue weighted by atomic mass is 35.5. The molecule has 0 spiro atoms. The van der Waals surface area contributed by atoms with E-state index in [1.807, 2.05) is 53.2 Å². The Morgan fingerprint density at radius 2 is 1.68 bits per heavy atom. The van der Waals surface area contributed by atoms with Crippen molar-refractivity contribution in [2.75, 3.05) is 61.6 Å². The smallest absolute Gasteiger partial charge is 0.318 e. The largest absolute Gasteiger partial charge is 0.491 e. The summed E-state index contributed by atoms with van der Waals surface area (Å²) in [5.41, 5.74) is 3.76. The number of benzene rings is 3. The maximum absolute atomic E-state index is 11.5. The molecule has 2 saturated heterocycles. The number of hydrogen-bond donors (Lipinski definition) is 2. The lowest BCUT2D eigenvalue weighted by atomic mass is 10.1. The van der Waals surface area contributed by atoms with E-state index in [0.717, 1.165) is 49.0 Å². The van der Waals surface area contributed by atoms with Crippen LogP contribution in [0.2, 0.25) is 10.0 Å². The fourth-order valence-corrected chi connectivity index (χ4v) is 6.04. The first-order valence-corrected chi connectivity index (χ1v) is 15.2. The van der Waals surface area contributed by atoms with E-state index < -0.39 is 5.79 Å². The predicted octanol–water partition coefficient (Wildman–Crippen LogP) is 5.62. The molecule has 10 nitrogen and oxygen atoms in total. The Morgan fingerprint density at radius 3 is 2.30 bits per heavy atom. The van der Waals surface area contributed by atoms with Crippen molar-refractivity contribution in [2.24, 2.45) is 0 Å². The number of anilines is 3. The second-order valence-electron chi connectivity index (χ2n) is 10.7. The monoisotopic (exact) mass is 636 g/mol. The number of nitrogens with one attached hydrogen (secondary N) is 2. The van der Waals surface area contributed by atoms with Gasteiger partial charge in [0.2, 0.25) is 5.79 Å². The van der Waals surface area contributed by atoms with E-state index in [4.69, 9.17) is 37.4 Å². The van der Waals surface area contributed by atoms with E-state index in [0.29, 0.717) is 35.4 Å². The number of nitrogens with zero attached hydrogens (tertiary/aromatic N) is 4. The maximum Gasteiger partial charge on any atom is 0.318 e. The lowest BCUT2D eigenvalue weighted by molar-refractivity contribution is -0.189. The van der Waals surface area contributed by atoms with Crippen molar-refractivity contribution in [3.63, 3.8) is 0 Å². The highest BCUT2D eigenvalue weighted by Gasteiger charge is 2.45. The number of carbonyl (C=O) groups excluding carboxylic acids is 1. The van der Waals surface area contributed by atoms with Gasteiger partial charge >= 0.3 is 6.03 Å². The topological polar surface area (TPSA) is 93.1 Å². The summed E-state index contributed by atoms with van der Waals surface area (Å²) in [5.74, 6) is -0.328. The second-order valence-corrected chi connectivity index (χ2v) is 11.5. The van der Waals surface area contributed by atoms with Gasteiger partial charge in [-0.25, -0.2) is 9.78 Å². The minimum absolute atomic E-state index is 0.230. The third kappa shape index (κ3) is 6.89. The summed E-state index contributed by atoms with van der Waals surface area (Å²) in [5, 5.41) is 6.37. The summed E-state index contributed by atoms with van der Waals surface area (Å²) in [6.45, 7) is 4.66. The highest BCUT2D eigenvalue weighted by molar-refractivity contribution is 6.35. The Kier molecular flexibility index (Phi) is 9.13. The standard InChI is InChI=1S/C32H34Cl2N6O4/c1-35-31(41)37-24-3-5-25(6-4-24)39-14-16-40(17-15-39)26-7-9-27(10-8-26)42-19-28-20-43-32(44-28,21-38-13-12-36-22-38)29-11-2-23(33)18-30(29)34/h2-13,18,22,28H,14-17,19-21H2,1H3,(H2,35,37,41). The number of urea groups is 1. The van der Waals surface area contributed by atoms with E-state index in [9.17, 15) is 4.79 Å². The zero-order chi connectivity index (χ0) is 30.5. The van der Waals surface area contributed by atoms with Crippen LogP contribution in [-0.2, 0) is 21.8 Å². The molecule has 3 heterocycles. The van der Waals surface area contributed by atoms with Crippen molar-refractivity contribution >= 4 is 46.3 Å². The summed E-state index contributed by atoms with van der Waals surface area (Å²) >= 11 is 12.7. The average molecular weight is 638 g/mol. The number of carbonyl (C=O) groups is 1. The summed E-state index contributed by atoms with van der Waals surface area (Å²) in [7, 11) is 1.60. The predicted molar refractivity (Wildman–Crippen MR) is 172 cm³/mol. The number of piperazine rings is 1. The molecule has 4 aromatic rings. The van der Waals surface area contributed by atoms with Crippen molar-refractivity contribution in [1.29, 1.82) is 0 Å². The van der Waals surface area contributed by atoms with Gasteiger partial charge < -0.3 is 39.2 Å². The van der Waals surface area contributed by atoms with Crippen LogP contribution in [0.25, 0.3) is 0 Å². The first-order chi connectivity index (χ1) is 21.4. The third-order valence-electron chi connectivity index (χ3n) is 7.79. The normalized spacial score (nSPS) is 20.0. The molecular weight excluding hydrogens is 603 g/mol. The molecule has 0 aliphatic carbocycles. The molecule has 2 amide bonds. The number of halogens is 2. The van der Waals surface area contributed by atoms with E-state index in [1.54, 1.807) is 31.7 Å². The number of imidazole rings is 1. The number of rotatable bonds is 9. The first kappa shape index (κ1) is 30.1. The molecule has 230 valence electrons. The molecule has 2 fully saturated rings. The molecule has 3 aromatic carbocycles. The number of amides is 2. The fourth-order valence-electron chi connectivity index (χ4n) is 5.49. The van der Waals surface area contributed by atoms with E-state index in [1.165, 1.54) is 0 Å². The number of ether oxygens (including phenoxy) is 3. The van der Waals surface area contributed by atoms with Gasteiger partial charge in [-0.05, 0) is 60.7 Å². The maximum atomic E-state index is 11.5. The zero-order valence-electron chi connectivity index (χ0n) is 24.3. The van der Waals surface area contributed by atoms with Crippen molar-refractivity contribution in [3.05, 3.63) is 101 Å². The van der Waals surface area contributed by atoms with Crippen LogP contribution in [0.1, 0.15) is 5.56 Å². The van der Waals surface area contributed by atoms with Gasteiger partial charge in [0.25, 0.3) is 0 Å². The summed E-state index contributed by atoms with van der Waals surface area (Å²) in [6.07, 6.45) is 4.99. The zero-order valence-corrected chi connectivity index (χ0v) is 25.8. The fraction of sp³-hybridized carbons (Fsp3) is 0.312. The molecule has 1 aromatic heterocycles. The molecule has 0 saturated carbocycles. The Morgan fingerprint density at radius 1 is 1.00 bits per heavy atom. The molecule has 2 aliphatic heterocycles. The molecular formula is C32H34Cl2N6O4. The van der Waals surface area contributed by atoms with Gasteiger partial charge in [0.15, 0.2) is 0 Å². The van der Waals surface area contributed by atoms with Crippen LogP contribution in [0, 0.1) is 0 Å². The van der Waals surface area contributed by atoms with Crippen LogP contribution in [0.3, 0.4) is 0 Å². The van der Waals surface area contributed by atoms with Gasteiger partial charge in [-0.2, -0.15) is 0 Å². The summed E-state index contributed by atoms with van der Waals surface area (Å²) < 4.78 is 20.8. The molecule has 6 rings (SSSR count). The van der Waals surface area contributed by atoms with E-state index in [-0.39, 0.29) is 12.1 Å². The molecule has 0 radical (unpaired) electrons. The van der Waals surface area contributed by atoms with Crippen LogP contribution in [0.4, 0.5) is 21.9 Å². The van der Waals surface area contributed by atoms with Gasteiger partial charge in [-0.3, -0.25) is 0 Å². The molecule has 2 aliphatic rings. The van der Waals surface area contributed by atoms with Crippen molar-refractivity contribution in [1.82, 2.24) is 14.9 Å². The lowest BCUT2D eigenvalue weighted by Crippen LogP contribution is -2.46. The number of aromatic nitrogens is 2. The van der Waals surface area contributed by atoms with Crippen LogP contribution in [-0.4, -0.2) is 68.1 Å². The molecule has 2 atom stereocenters. The van der Waals surface area contributed by atoms with Crippen molar-refractivity contribution in [2.45, 2.75) is 18.4 Å². The van der Waals surface area contributed by atoms with Gasteiger partial charge in [0.1, 0.15) is 18.5 Å². The molecule has 0 bridgehead atoms. The van der Waals surface area contributed by atoms with Crippen molar-refractivity contribution < 1.29 is 19.0 Å². The second kappa shape index (κ2) is 13.4. The molecule has 44 heavy (non-hydrogen) atoms. The van der Waals surface area contributed by atoms with Crippen LogP contribution in [0.15, 0.2) is 85.5 Å². The SMILES string of the molecule is CNC(=O)Nc1ccc(N2CCN(c3ccc(OCC4COC(Cn5ccnc5)(c5ccc(Cl)cc5Cl)O4)cc3)CC2)cc1. The van der Waals surface area contributed by atoms with Gasteiger partial charge in [-0.1, -0.05) is 29.3 Å². The van der Waals surface area contributed by atoms with Crippen LogP contribution in [0.5, 0.6) is 5.75 Å². The first-order valence-electron chi connectivity index (χ1n) is 14.5. The Balaban J connectivity index is 1.02. The van der Waals surface area contributed by atoms with Gasteiger partial charge in [0.05, 0.1) is 24.5 Å². The van der Waals surface area contributed by atoms with Crippen LogP contribution < -0.4 is 25.2 Å². The average Bonchev–Trinajstić information content (AvgIpc) is 3.71. The Bertz CT molecular complexity index is 1550. The van der Waals surface area contributed by atoms with Crippen LogP contribution >= 0.6 is 23.2 Å². The Hall–Kier alpha value is -3.96. The molecule has 2 unspecified atom stereocenters. The van der Waals surface area contributed by atoms with Gasteiger partial charge in [0, 0.05) is 73.3 Å².